The Morgan fingerprint density at radius 1 is 1.16 bits per heavy atom. The predicted molar refractivity (Wildman–Crippen MR) is 93.1 cm³/mol. The average molecular weight is 336 g/mol. The van der Waals surface area contributed by atoms with Gasteiger partial charge in [-0.05, 0) is 57.2 Å². The lowest BCUT2D eigenvalue weighted by atomic mass is 10.1. The minimum atomic E-state index is 0.475. The lowest BCUT2D eigenvalue weighted by Gasteiger charge is -2.11. The molecule has 25 heavy (non-hydrogen) atoms. The Morgan fingerprint density at radius 2 is 2.08 bits per heavy atom. The first-order chi connectivity index (χ1) is 12.2. The molecule has 0 spiro atoms. The molecular formula is C18H20N6O. The van der Waals surface area contributed by atoms with Crippen LogP contribution in [-0.4, -0.2) is 30.9 Å². The summed E-state index contributed by atoms with van der Waals surface area (Å²) in [7, 11) is 0. The van der Waals surface area contributed by atoms with Crippen molar-refractivity contribution < 1.29 is 4.52 Å². The molecule has 0 atom stereocenters. The Hall–Kier alpha value is -2.70. The number of rotatable bonds is 4. The lowest BCUT2D eigenvalue weighted by Crippen LogP contribution is -2.10. The molecule has 1 fully saturated rings. The maximum atomic E-state index is 5.48. The molecule has 1 saturated carbocycles. The maximum absolute atomic E-state index is 5.48. The summed E-state index contributed by atoms with van der Waals surface area (Å²) < 4.78 is 7.53. The Bertz CT molecular complexity index is 900. The van der Waals surface area contributed by atoms with Gasteiger partial charge in [0.1, 0.15) is 5.82 Å². The van der Waals surface area contributed by atoms with Crippen LogP contribution in [0.5, 0.6) is 0 Å². The molecule has 5 rings (SSSR count). The van der Waals surface area contributed by atoms with E-state index in [1.165, 1.54) is 31.4 Å². The fraction of sp³-hybridized carbons (Fsp3) is 0.444. The van der Waals surface area contributed by atoms with Crippen LogP contribution >= 0.6 is 0 Å². The topological polar surface area (TPSA) is 81.7 Å². The molecule has 0 amide bonds. The summed E-state index contributed by atoms with van der Waals surface area (Å²) in [5.41, 5.74) is 3.86. The SMILES string of the molecule is Cc1cc(-c2noc(-c3cc4n(n3)CCCC4)n2)cc(NC2CC2)n1. The largest absolute Gasteiger partial charge is 0.367 e. The van der Waals surface area contributed by atoms with E-state index in [9.17, 15) is 0 Å². The van der Waals surface area contributed by atoms with Crippen molar-refractivity contribution in [2.24, 2.45) is 0 Å². The third-order valence-corrected chi connectivity index (χ3v) is 4.70. The number of anilines is 1. The van der Waals surface area contributed by atoms with Crippen LogP contribution in [-0.2, 0) is 13.0 Å². The maximum Gasteiger partial charge on any atom is 0.278 e. The van der Waals surface area contributed by atoms with Gasteiger partial charge in [-0.2, -0.15) is 10.1 Å². The molecule has 0 saturated heterocycles. The van der Waals surface area contributed by atoms with Crippen molar-refractivity contribution in [3.8, 4) is 23.0 Å². The third kappa shape index (κ3) is 2.90. The summed E-state index contributed by atoms with van der Waals surface area (Å²) in [6.07, 6.45) is 5.88. The number of nitrogens with zero attached hydrogens (tertiary/aromatic N) is 5. The molecule has 1 aliphatic heterocycles. The monoisotopic (exact) mass is 336 g/mol. The summed E-state index contributed by atoms with van der Waals surface area (Å²) in [5.74, 6) is 1.93. The van der Waals surface area contributed by atoms with Crippen molar-refractivity contribution in [2.75, 3.05) is 5.32 Å². The van der Waals surface area contributed by atoms with Gasteiger partial charge in [0.15, 0.2) is 5.69 Å². The van der Waals surface area contributed by atoms with E-state index in [0.717, 1.165) is 35.7 Å². The smallest absolute Gasteiger partial charge is 0.278 e. The van der Waals surface area contributed by atoms with E-state index in [-0.39, 0.29) is 0 Å². The van der Waals surface area contributed by atoms with E-state index in [0.29, 0.717) is 17.8 Å². The zero-order valence-corrected chi connectivity index (χ0v) is 14.2. The Kier molecular flexibility index (Phi) is 3.33. The normalized spacial score (nSPS) is 16.7. The van der Waals surface area contributed by atoms with Crippen LogP contribution < -0.4 is 5.32 Å². The van der Waals surface area contributed by atoms with Crippen LogP contribution in [0.3, 0.4) is 0 Å². The molecule has 0 aromatic carbocycles. The molecule has 0 unspecified atom stereocenters. The van der Waals surface area contributed by atoms with E-state index >= 15 is 0 Å². The van der Waals surface area contributed by atoms with Crippen molar-refractivity contribution in [1.29, 1.82) is 0 Å². The number of aromatic nitrogens is 5. The first kappa shape index (κ1) is 14.6. The number of hydrogen-bond donors (Lipinski definition) is 1. The summed E-state index contributed by atoms with van der Waals surface area (Å²) in [6.45, 7) is 2.95. The molecule has 7 nitrogen and oxygen atoms in total. The number of pyridine rings is 1. The van der Waals surface area contributed by atoms with Gasteiger partial charge in [0.25, 0.3) is 5.89 Å². The predicted octanol–water partition coefficient (Wildman–Crippen LogP) is 3.21. The van der Waals surface area contributed by atoms with Gasteiger partial charge in [-0.15, -0.1) is 0 Å². The van der Waals surface area contributed by atoms with Gasteiger partial charge in [-0.1, -0.05) is 5.16 Å². The molecule has 0 bridgehead atoms. The Labute approximate surface area is 145 Å². The quantitative estimate of drug-likeness (QED) is 0.788. The molecule has 1 N–H and O–H groups in total. The van der Waals surface area contributed by atoms with Gasteiger partial charge in [-0.25, -0.2) is 4.98 Å². The van der Waals surface area contributed by atoms with E-state index in [1.807, 2.05) is 19.1 Å². The van der Waals surface area contributed by atoms with Gasteiger partial charge in [0, 0.05) is 29.5 Å². The van der Waals surface area contributed by atoms with Crippen LogP contribution in [0.4, 0.5) is 5.82 Å². The number of hydrogen-bond acceptors (Lipinski definition) is 6. The highest BCUT2D eigenvalue weighted by Crippen LogP contribution is 2.28. The Morgan fingerprint density at radius 3 is 2.92 bits per heavy atom. The second-order valence-electron chi connectivity index (χ2n) is 6.93. The Balaban J connectivity index is 1.46. The zero-order valence-electron chi connectivity index (χ0n) is 14.2. The molecule has 0 radical (unpaired) electrons. The van der Waals surface area contributed by atoms with Crippen molar-refractivity contribution >= 4 is 5.82 Å². The molecule has 3 aromatic rings. The van der Waals surface area contributed by atoms with E-state index in [1.54, 1.807) is 0 Å². The van der Waals surface area contributed by atoms with Gasteiger partial charge in [-0.3, -0.25) is 4.68 Å². The highest BCUT2D eigenvalue weighted by Gasteiger charge is 2.22. The molecule has 1 aliphatic carbocycles. The van der Waals surface area contributed by atoms with Crippen LogP contribution in [0.25, 0.3) is 23.0 Å². The van der Waals surface area contributed by atoms with Gasteiger partial charge in [0.2, 0.25) is 5.82 Å². The van der Waals surface area contributed by atoms with Gasteiger partial charge in [0.05, 0.1) is 0 Å². The minimum absolute atomic E-state index is 0.475. The number of fused-ring (bicyclic) bond motifs is 1. The first-order valence-corrected chi connectivity index (χ1v) is 8.91. The van der Waals surface area contributed by atoms with Crippen molar-refractivity contribution in [3.05, 3.63) is 29.6 Å². The van der Waals surface area contributed by atoms with E-state index in [2.05, 4.69) is 36.3 Å². The second kappa shape index (κ2) is 5.68. The zero-order chi connectivity index (χ0) is 16.8. The molecule has 3 aromatic heterocycles. The van der Waals surface area contributed by atoms with Gasteiger partial charge >= 0.3 is 0 Å². The van der Waals surface area contributed by atoms with E-state index < -0.39 is 0 Å². The molecule has 2 aliphatic rings. The average Bonchev–Trinajstić information content (AvgIpc) is 3.13. The van der Waals surface area contributed by atoms with E-state index in [4.69, 9.17) is 4.52 Å². The van der Waals surface area contributed by atoms with Crippen LogP contribution in [0.2, 0.25) is 0 Å². The van der Waals surface area contributed by atoms with Crippen LogP contribution in [0.15, 0.2) is 22.7 Å². The summed E-state index contributed by atoms with van der Waals surface area (Å²) in [4.78, 5) is 9.10. The van der Waals surface area contributed by atoms with Crippen molar-refractivity contribution in [2.45, 2.75) is 51.6 Å². The third-order valence-electron chi connectivity index (χ3n) is 4.70. The first-order valence-electron chi connectivity index (χ1n) is 8.91. The van der Waals surface area contributed by atoms with Crippen molar-refractivity contribution in [1.82, 2.24) is 24.9 Å². The molecular weight excluding hydrogens is 316 g/mol. The molecule has 4 heterocycles. The summed E-state index contributed by atoms with van der Waals surface area (Å²) in [6, 6.07) is 6.58. The lowest BCUT2D eigenvalue weighted by molar-refractivity contribution is 0.429. The fourth-order valence-electron chi connectivity index (χ4n) is 3.28. The highest BCUT2D eigenvalue weighted by atomic mass is 16.5. The molecule has 128 valence electrons. The summed E-state index contributed by atoms with van der Waals surface area (Å²) in [5, 5.41) is 12.2. The number of nitrogens with one attached hydrogen (secondary N) is 1. The molecule has 7 heteroatoms. The second-order valence-corrected chi connectivity index (χ2v) is 6.93. The fourth-order valence-corrected chi connectivity index (χ4v) is 3.28. The number of aryl methyl sites for hydroxylation is 3. The minimum Gasteiger partial charge on any atom is -0.367 e. The van der Waals surface area contributed by atoms with Crippen molar-refractivity contribution in [3.63, 3.8) is 0 Å². The summed E-state index contributed by atoms with van der Waals surface area (Å²) >= 11 is 0. The van der Waals surface area contributed by atoms with Crippen LogP contribution in [0.1, 0.15) is 37.1 Å². The standard InChI is InChI=1S/C18H20N6O/c1-11-8-12(9-16(19-11)20-13-5-6-13)17-21-18(25-23-17)15-10-14-4-2-3-7-24(14)22-15/h8-10,13H,2-7H2,1H3,(H,19,20). The highest BCUT2D eigenvalue weighted by molar-refractivity contribution is 5.62. The van der Waals surface area contributed by atoms with Gasteiger partial charge < -0.3 is 9.84 Å². The van der Waals surface area contributed by atoms with Crippen LogP contribution in [0, 0.1) is 6.92 Å².